The van der Waals surface area contributed by atoms with E-state index in [1.54, 1.807) is 18.2 Å². The molecule has 2 aromatic rings. The molecule has 0 aromatic heterocycles. The molecule has 0 unspecified atom stereocenters. The van der Waals surface area contributed by atoms with Gasteiger partial charge in [0.05, 0.1) is 12.3 Å². The number of benzene rings is 2. The zero-order valence-corrected chi connectivity index (χ0v) is 11.0. The third-order valence-electron chi connectivity index (χ3n) is 2.65. The summed E-state index contributed by atoms with van der Waals surface area (Å²) in [5.41, 5.74) is 6.96. The minimum absolute atomic E-state index is 0.356. The summed E-state index contributed by atoms with van der Waals surface area (Å²) < 4.78 is 18.3. The van der Waals surface area contributed by atoms with Crippen molar-refractivity contribution in [3.8, 4) is 5.75 Å². The molecule has 0 radical (unpaired) electrons. The Morgan fingerprint density at radius 1 is 1.30 bits per heavy atom. The van der Waals surface area contributed by atoms with E-state index >= 15 is 0 Å². The summed E-state index contributed by atoms with van der Waals surface area (Å²) in [5.74, 6) is -0.228. The first-order chi connectivity index (χ1) is 9.60. The smallest absolute Gasteiger partial charge is 0.255 e. The number of nitrogen functional groups attached to an aromatic ring is 1. The lowest BCUT2D eigenvalue weighted by Crippen LogP contribution is -2.12. The number of nitrogens with two attached hydrogens (primary N) is 1. The number of carbonyl (C=O) groups excluding carboxylic acids is 1. The van der Waals surface area contributed by atoms with Gasteiger partial charge in [-0.25, -0.2) is 4.39 Å². The predicted molar refractivity (Wildman–Crippen MR) is 76.4 cm³/mol. The maximum absolute atomic E-state index is 13.0. The highest BCUT2D eigenvalue weighted by molar-refractivity contribution is 6.05. The van der Waals surface area contributed by atoms with E-state index in [0.717, 1.165) is 0 Å². The second-order valence-electron chi connectivity index (χ2n) is 4.15. The van der Waals surface area contributed by atoms with Crippen LogP contribution in [0.25, 0.3) is 0 Å². The van der Waals surface area contributed by atoms with Gasteiger partial charge in [-0.1, -0.05) is 6.07 Å². The van der Waals surface area contributed by atoms with Gasteiger partial charge in [-0.05, 0) is 43.3 Å². The van der Waals surface area contributed by atoms with Gasteiger partial charge < -0.3 is 15.8 Å². The molecule has 2 aromatic carbocycles. The molecule has 0 aliphatic heterocycles. The molecular weight excluding hydrogens is 259 g/mol. The number of halogens is 1. The Kier molecular flexibility index (Phi) is 4.20. The Morgan fingerprint density at radius 2 is 2.10 bits per heavy atom. The molecule has 20 heavy (non-hydrogen) atoms. The van der Waals surface area contributed by atoms with E-state index in [1.807, 2.05) is 6.92 Å². The zero-order chi connectivity index (χ0) is 14.5. The first kappa shape index (κ1) is 13.9. The number of amides is 1. The Labute approximate surface area is 116 Å². The van der Waals surface area contributed by atoms with Gasteiger partial charge in [0.2, 0.25) is 0 Å². The van der Waals surface area contributed by atoms with Crippen LogP contribution in [0.1, 0.15) is 17.3 Å². The molecule has 4 nitrogen and oxygen atoms in total. The molecule has 0 fully saturated rings. The third-order valence-corrected chi connectivity index (χ3v) is 2.65. The summed E-state index contributed by atoms with van der Waals surface area (Å²) >= 11 is 0. The highest BCUT2D eigenvalue weighted by Gasteiger charge is 2.09. The minimum Gasteiger partial charge on any atom is -0.492 e. The van der Waals surface area contributed by atoms with Gasteiger partial charge in [0.25, 0.3) is 5.91 Å². The quantitative estimate of drug-likeness (QED) is 0.842. The molecule has 3 N–H and O–H groups in total. The molecule has 0 spiro atoms. The van der Waals surface area contributed by atoms with Crippen molar-refractivity contribution in [3.05, 3.63) is 53.8 Å². The van der Waals surface area contributed by atoms with Crippen LogP contribution in [0, 0.1) is 5.82 Å². The first-order valence-corrected chi connectivity index (χ1v) is 6.19. The monoisotopic (exact) mass is 274 g/mol. The zero-order valence-electron chi connectivity index (χ0n) is 11.0. The van der Waals surface area contributed by atoms with E-state index < -0.39 is 5.82 Å². The highest BCUT2D eigenvalue weighted by atomic mass is 19.1. The lowest BCUT2D eigenvalue weighted by atomic mass is 10.1. The fourth-order valence-corrected chi connectivity index (χ4v) is 1.75. The molecule has 1 amide bonds. The number of hydrogen-bond acceptors (Lipinski definition) is 3. The van der Waals surface area contributed by atoms with Gasteiger partial charge in [0.1, 0.15) is 11.6 Å². The van der Waals surface area contributed by atoms with Gasteiger partial charge >= 0.3 is 0 Å². The number of carbonyl (C=O) groups is 1. The van der Waals surface area contributed by atoms with Crippen LogP contribution in [0.5, 0.6) is 5.75 Å². The molecule has 2 rings (SSSR count). The predicted octanol–water partition coefficient (Wildman–Crippen LogP) is 3.06. The number of anilines is 2. The summed E-state index contributed by atoms with van der Waals surface area (Å²) in [6.07, 6.45) is 0. The number of ether oxygens (including phenoxy) is 1. The van der Waals surface area contributed by atoms with E-state index in [1.165, 1.54) is 24.3 Å². The van der Waals surface area contributed by atoms with Gasteiger partial charge in [-0.2, -0.15) is 0 Å². The maximum atomic E-state index is 13.0. The summed E-state index contributed by atoms with van der Waals surface area (Å²) in [6.45, 7) is 2.35. The van der Waals surface area contributed by atoms with Crippen molar-refractivity contribution >= 4 is 17.3 Å². The maximum Gasteiger partial charge on any atom is 0.255 e. The topological polar surface area (TPSA) is 64.3 Å². The Hall–Kier alpha value is -2.56. The van der Waals surface area contributed by atoms with Gasteiger partial charge in [-0.15, -0.1) is 0 Å². The summed E-state index contributed by atoms with van der Waals surface area (Å²) in [6, 6.07) is 10.5. The largest absolute Gasteiger partial charge is 0.492 e. The first-order valence-electron chi connectivity index (χ1n) is 6.19. The van der Waals surface area contributed by atoms with Crippen molar-refractivity contribution in [1.82, 2.24) is 0 Å². The second kappa shape index (κ2) is 6.06. The second-order valence-corrected chi connectivity index (χ2v) is 4.15. The van der Waals surface area contributed by atoms with Crippen molar-refractivity contribution in [3.63, 3.8) is 0 Å². The fourth-order valence-electron chi connectivity index (χ4n) is 1.75. The summed E-state index contributed by atoms with van der Waals surface area (Å²) in [4.78, 5) is 12.0. The van der Waals surface area contributed by atoms with Crippen LogP contribution in [-0.2, 0) is 0 Å². The van der Waals surface area contributed by atoms with Crippen LogP contribution >= 0.6 is 0 Å². The van der Waals surface area contributed by atoms with Gasteiger partial charge in [-0.3, -0.25) is 4.79 Å². The fraction of sp³-hybridized carbons (Fsp3) is 0.133. The normalized spacial score (nSPS) is 10.1. The average Bonchev–Trinajstić information content (AvgIpc) is 2.41. The molecule has 0 saturated carbocycles. The molecule has 0 saturated heterocycles. The van der Waals surface area contributed by atoms with Crippen LogP contribution in [0.15, 0.2) is 42.5 Å². The summed E-state index contributed by atoms with van der Waals surface area (Å²) in [5, 5.41) is 2.60. The SMILES string of the molecule is CCOc1ccc(C(=O)Nc2cccc(F)c2)cc1N. The molecule has 5 heteroatoms. The van der Waals surface area contributed by atoms with Gasteiger partial charge in [0.15, 0.2) is 0 Å². The van der Waals surface area contributed by atoms with Crippen molar-refractivity contribution < 1.29 is 13.9 Å². The number of rotatable bonds is 4. The number of hydrogen-bond donors (Lipinski definition) is 2. The average molecular weight is 274 g/mol. The van der Waals surface area contributed by atoms with E-state index in [0.29, 0.717) is 29.3 Å². The van der Waals surface area contributed by atoms with Crippen LogP contribution in [0.4, 0.5) is 15.8 Å². The molecule has 104 valence electrons. The van der Waals surface area contributed by atoms with Crippen LogP contribution in [-0.4, -0.2) is 12.5 Å². The molecule has 0 aliphatic carbocycles. The van der Waals surface area contributed by atoms with E-state index in [-0.39, 0.29) is 5.91 Å². The van der Waals surface area contributed by atoms with Crippen LogP contribution in [0.2, 0.25) is 0 Å². The molecule has 0 bridgehead atoms. The molecule has 0 aliphatic rings. The lowest BCUT2D eigenvalue weighted by Gasteiger charge is -2.09. The van der Waals surface area contributed by atoms with Crippen molar-refractivity contribution in [2.45, 2.75) is 6.92 Å². The molecule has 0 atom stereocenters. The standard InChI is InChI=1S/C15H15FN2O2/c1-2-20-14-7-6-10(8-13(14)17)15(19)18-12-5-3-4-11(16)9-12/h3-9H,2,17H2,1H3,(H,18,19). The van der Waals surface area contributed by atoms with Gasteiger partial charge in [0, 0.05) is 11.3 Å². The van der Waals surface area contributed by atoms with Crippen molar-refractivity contribution in [2.24, 2.45) is 0 Å². The summed E-state index contributed by atoms with van der Waals surface area (Å²) in [7, 11) is 0. The molecular formula is C15H15FN2O2. The van der Waals surface area contributed by atoms with Crippen LogP contribution < -0.4 is 15.8 Å². The Morgan fingerprint density at radius 3 is 2.75 bits per heavy atom. The van der Waals surface area contributed by atoms with Crippen LogP contribution in [0.3, 0.4) is 0 Å². The number of nitrogens with one attached hydrogen (secondary N) is 1. The Bertz CT molecular complexity index is 629. The Balaban J connectivity index is 2.15. The van der Waals surface area contributed by atoms with E-state index in [9.17, 15) is 9.18 Å². The van der Waals surface area contributed by atoms with E-state index in [2.05, 4.69) is 5.32 Å². The minimum atomic E-state index is -0.408. The van der Waals surface area contributed by atoms with E-state index in [4.69, 9.17) is 10.5 Å². The molecule has 0 heterocycles. The highest BCUT2D eigenvalue weighted by Crippen LogP contribution is 2.23. The van der Waals surface area contributed by atoms with Crippen molar-refractivity contribution in [2.75, 3.05) is 17.7 Å². The van der Waals surface area contributed by atoms with Crippen molar-refractivity contribution in [1.29, 1.82) is 0 Å². The third kappa shape index (κ3) is 3.26. The lowest BCUT2D eigenvalue weighted by molar-refractivity contribution is 0.102.